The molecule has 0 aliphatic rings. The van der Waals surface area contributed by atoms with Crippen molar-refractivity contribution in [3.05, 3.63) is 84.3 Å². The van der Waals surface area contributed by atoms with Gasteiger partial charge >= 0.3 is 6.18 Å². The number of aromatic nitrogens is 4. The van der Waals surface area contributed by atoms with Crippen LogP contribution in [-0.4, -0.2) is 25.8 Å². The van der Waals surface area contributed by atoms with Gasteiger partial charge in [0.1, 0.15) is 17.3 Å². The molecule has 3 N–H and O–H groups in total. The van der Waals surface area contributed by atoms with Crippen LogP contribution in [0.2, 0.25) is 0 Å². The van der Waals surface area contributed by atoms with Gasteiger partial charge < -0.3 is 11.1 Å². The standard InChI is InChI=1S/C22H14F4N6O/c23-14-5-2-1-4-12(14)15-6-3-7-16(29-15)20(33)30-18-11-28-9-8-13(18)17-10-19(27)32-21(31-17)22(24,25)26/h1-11H,(H,30,33)(H2,27,31,32). The summed E-state index contributed by atoms with van der Waals surface area (Å²) in [5.41, 5.74) is 6.01. The quantitative estimate of drug-likeness (QED) is 0.437. The van der Waals surface area contributed by atoms with Gasteiger partial charge in [-0.15, -0.1) is 0 Å². The molecule has 0 saturated carbocycles. The van der Waals surface area contributed by atoms with Gasteiger partial charge in [0.15, 0.2) is 0 Å². The van der Waals surface area contributed by atoms with Crippen LogP contribution in [0.15, 0.2) is 67.0 Å². The number of halogens is 4. The first kappa shape index (κ1) is 21.8. The van der Waals surface area contributed by atoms with Crippen molar-refractivity contribution in [1.82, 2.24) is 19.9 Å². The number of nitrogen functional groups attached to an aromatic ring is 1. The highest BCUT2D eigenvalue weighted by Gasteiger charge is 2.35. The molecule has 0 aliphatic carbocycles. The Kier molecular flexibility index (Phi) is 5.69. The van der Waals surface area contributed by atoms with Crippen LogP contribution < -0.4 is 11.1 Å². The maximum Gasteiger partial charge on any atom is 0.451 e. The van der Waals surface area contributed by atoms with Crippen molar-refractivity contribution in [2.24, 2.45) is 0 Å². The van der Waals surface area contributed by atoms with Crippen LogP contribution in [0.5, 0.6) is 0 Å². The molecule has 0 bridgehead atoms. The van der Waals surface area contributed by atoms with E-state index in [9.17, 15) is 22.4 Å². The largest absolute Gasteiger partial charge is 0.451 e. The number of carbonyl (C=O) groups excluding carboxylic acids is 1. The normalized spacial score (nSPS) is 11.3. The average Bonchev–Trinajstić information content (AvgIpc) is 2.79. The smallest absolute Gasteiger partial charge is 0.384 e. The molecule has 0 fully saturated rings. The van der Waals surface area contributed by atoms with Gasteiger partial charge in [-0.3, -0.25) is 9.78 Å². The predicted molar refractivity (Wildman–Crippen MR) is 112 cm³/mol. The van der Waals surface area contributed by atoms with Crippen LogP contribution in [0.25, 0.3) is 22.5 Å². The average molecular weight is 454 g/mol. The van der Waals surface area contributed by atoms with Crippen LogP contribution in [0.1, 0.15) is 16.3 Å². The van der Waals surface area contributed by atoms with Crippen molar-refractivity contribution >= 4 is 17.4 Å². The number of amides is 1. The molecule has 0 unspecified atom stereocenters. The van der Waals surface area contributed by atoms with Gasteiger partial charge in [-0.2, -0.15) is 13.2 Å². The number of hydrogen-bond acceptors (Lipinski definition) is 6. The number of nitrogens with zero attached hydrogens (tertiary/aromatic N) is 4. The number of nitrogens with two attached hydrogens (primary N) is 1. The topological polar surface area (TPSA) is 107 Å². The molecule has 4 aromatic rings. The first-order valence-corrected chi connectivity index (χ1v) is 9.42. The maximum atomic E-state index is 14.1. The Labute approximate surface area is 184 Å². The highest BCUT2D eigenvalue weighted by atomic mass is 19.4. The van der Waals surface area contributed by atoms with Gasteiger partial charge in [0.05, 0.1) is 23.3 Å². The molecular weight excluding hydrogens is 440 g/mol. The van der Waals surface area contributed by atoms with Gasteiger partial charge in [-0.05, 0) is 30.3 Å². The number of carbonyl (C=O) groups is 1. The van der Waals surface area contributed by atoms with E-state index in [-0.39, 0.29) is 39.7 Å². The van der Waals surface area contributed by atoms with Crippen molar-refractivity contribution in [1.29, 1.82) is 0 Å². The number of pyridine rings is 2. The van der Waals surface area contributed by atoms with E-state index < -0.39 is 23.7 Å². The SMILES string of the molecule is Nc1cc(-c2ccncc2NC(=O)c2cccc(-c3ccccc3F)n2)nc(C(F)(F)F)n1. The summed E-state index contributed by atoms with van der Waals surface area (Å²) in [6.45, 7) is 0. The lowest BCUT2D eigenvalue weighted by Gasteiger charge is -2.12. The Hall–Kier alpha value is -4.41. The number of hydrogen-bond donors (Lipinski definition) is 2. The summed E-state index contributed by atoms with van der Waals surface area (Å²) in [5.74, 6) is -2.98. The van der Waals surface area contributed by atoms with Gasteiger partial charge in [0.25, 0.3) is 5.91 Å². The number of alkyl halides is 3. The van der Waals surface area contributed by atoms with Crippen molar-refractivity contribution in [2.75, 3.05) is 11.1 Å². The lowest BCUT2D eigenvalue weighted by molar-refractivity contribution is -0.144. The van der Waals surface area contributed by atoms with E-state index in [0.29, 0.717) is 0 Å². The summed E-state index contributed by atoms with van der Waals surface area (Å²) < 4.78 is 53.4. The Morgan fingerprint density at radius 3 is 2.45 bits per heavy atom. The van der Waals surface area contributed by atoms with Crippen molar-refractivity contribution in [2.45, 2.75) is 6.18 Å². The number of benzene rings is 1. The van der Waals surface area contributed by atoms with E-state index >= 15 is 0 Å². The summed E-state index contributed by atoms with van der Waals surface area (Å²) in [5, 5.41) is 2.56. The fraction of sp³-hybridized carbons (Fsp3) is 0.0455. The van der Waals surface area contributed by atoms with E-state index in [4.69, 9.17) is 5.73 Å². The first-order chi connectivity index (χ1) is 15.7. The van der Waals surface area contributed by atoms with Crippen LogP contribution in [0.3, 0.4) is 0 Å². The molecule has 0 aliphatic heterocycles. The third-order valence-electron chi connectivity index (χ3n) is 4.48. The second kappa shape index (κ2) is 8.61. The summed E-state index contributed by atoms with van der Waals surface area (Å²) >= 11 is 0. The van der Waals surface area contributed by atoms with E-state index in [1.165, 1.54) is 48.8 Å². The van der Waals surface area contributed by atoms with Gasteiger partial charge in [0.2, 0.25) is 5.82 Å². The number of anilines is 2. The van der Waals surface area contributed by atoms with Crippen LogP contribution in [0.4, 0.5) is 29.1 Å². The molecule has 3 aromatic heterocycles. The maximum absolute atomic E-state index is 14.1. The summed E-state index contributed by atoms with van der Waals surface area (Å²) in [4.78, 5) is 27.7. The second-order valence-corrected chi connectivity index (χ2v) is 6.76. The summed E-state index contributed by atoms with van der Waals surface area (Å²) in [7, 11) is 0. The molecule has 166 valence electrons. The molecule has 1 amide bonds. The second-order valence-electron chi connectivity index (χ2n) is 6.76. The van der Waals surface area contributed by atoms with Gasteiger partial charge in [-0.25, -0.2) is 19.3 Å². The lowest BCUT2D eigenvalue weighted by Crippen LogP contribution is -2.16. The molecule has 0 saturated heterocycles. The van der Waals surface area contributed by atoms with Crippen molar-refractivity contribution in [3.63, 3.8) is 0 Å². The zero-order valence-electron chi connectivity index (χ0n) is 16.6. The highest BCUT2D eigenvalue weighted by molar-refractivity contribution is 6.05. The predicted octanol–water partition coefficient (Wildman–Crippen LogP) is 4.59. The molecule has 0 atom stereocenters. The minimum Gasteiger partial charge on any atom is -0.384 e. The Morgan fingerprint density at radius 1 is 0.909 bits per heavy atom. The van der Waals surface area contributed by atoms with Crippen molar-refractivity contribution < 1.29 is 22.4 Å². The van der Waals surface area contributed by atoms with Crippen LogP contribution in [0, 0.1) is 5.82 Å². The van der Waals surface area contributed by atoms with E-state index in [2.05, 4.69) is 25.3 Å². The van der Waals surface area contributed by atoms with Gasteiger partial charge in [0, 0.05) is 23.4 Å². The molecular formula is C22H14F4N6O. The summed E-state index contributed by atoms with van der Waals surface area (Å²) in [6.07, 6.45) is -2.23. The first-order valence-electron chi connectivity index (χ1n) is 9.42. The molecule has 1 aromatic carbocycles. The van der Waals surface area contributed by atoms with Crippen molar-refractivity contribution in [3.8, 4) is 22.5 Å². The molecule has 3 heterocycles. The number of rotatable bonds is 4. The van der Waals surface area contributed by atoms with E-state index in [0.717, 1.165) is 6.07 Å². The Balaban J connectivity index is 1.67. The minimum atomic E-state index is -4.81. The molecule has 11 heteroatoms. The van der Waals surface area contributed by atoms with Gasteiger partial charge in [-0.1, -0.05) is 18.2 Å². The zero-order chi connectivity index (χ0) is 23.6. The zero-order valence-corrected chi connectivity index (χ0v) is 16.6. The lowest BCUT2D eigenvalue weighted by atomic mass is 10.1. The Bertz CT molecular complexity index is 1340. The monoisotopic (exact) mass is 454 g/mol. The fourth-order valence-corrected chi connectivity index (χ4v) is 3.01. The van der Waals surface area contributed by atoms with E-state index in [1.54, 1.807) is 12.1 Å². The third-order valence-corrected chi connectivity index (χ3v) is 4.48. The van der Waals surface area contributed by atoms with Crippen LogP contribution >= 0.6 is 0 Å². The van der Waals surface area contributed by atoms with E-state index in [1.807, 2.05) is 0 Å². The summed E-state index contributed by atoms with van der Waals surface area (Å²) in [6, 6.07) is 13.0. The molecule has 0 radical (unpaired) electrons. The minimum absolute atomic E-state index is 0.0382. The Morgan fingerprint density at radius 2 is 1.70 bits per heavy atom. The molecule has 0 spiro atoms. The molecule has 7 nitrogen and oxygen atoms in total. The molecule has 4 rings (SSSR count). The molecule has 33 heavy (non-hydrogen) atoms. The third kappa shape index (κ3) is 4.76. The van der Waals surface area contributed by atoms with Crippen LogP contribution in [-0.2, 0) is 6.18 Å². The highest BCUT2D eigenvalue weighted by Crippen LogP contribution is 2.32. The number of nitrogens with one attached hydrogen (secondary N) is 1. The fourth-order valence-electron chi connectivity index (χ4n) is 3.01.